The largest absolute Gasteiger partial charge is 0.350 e. The Hall–Kier alpha value is -2.96. The lowest BCUT2D eigenvalue weighted by Crippen LogP contribution is -2.35. The highest BCUT2D eigenvalue weighted by Crippen LogP contribution is 2.40. The molecule has 3 aromatic rings. The molecule has 2 aromatic heterocycles. The zero-order valence-electron chi connectivity index (χ0n) is 15.8. The van der Waals surface area contributed by atoms with E-state index in [0.717, 1.165) is 29.7 Å². The standard InChI is InChI=1S/C20H23N5O2/c1-4-25-19(21-11-22-25)17(13-6-7-13)23-20(27)15-10-24(3)16-8-5-12(2)9-14(16)18(15)26/h5,8-11,13,17H,4,6-7H2,1-3H3,(H,23,27)/t17-/m0/s1. The lowest BCUT2D eigenvalue weighted by Gasteiger charge is -2.18. The molecule has 1 N–H and O–H groups in total. The van der Waals surface area contributed by atoms with Crippen molar-refractivity contribution in [3.05, 3.63) is 57.9 Å². The van der Waals surface area contributed by atoms with E-state index in [9.17, 15) is 9.59 Å². The van der Waals surface area contributed by atoms with Gasteiger partial charge in [-0.15, -0.1) is 0 Å². The number of carbonyl (C=O) groups is 1. The molecular weight excluding hydrogens is 342 g/mol. The maximum Gasteiger partial charge on any atom is 0.257 e. The van der Waals surface area contributed by atoms with Crippen molar-refractivity contribution in [1.82, 2.24) is 24.6 Å². The van der Waals surface area contributed by atoms with Crippen molar-refractivity contribution >= 4 is 16.8 Å². The Morgan fingerprint density at radius 3 is 2.85 bits per heavy atom. The van der Waals surface area contributed by atoms with E-state index >= 15 is 0 Å². The van der Waals surface area contributed by atoms with E-state index < -0.39 is 0 Å². The number of pyridine rings is 1. The minimum Gasteiger partial charge on any atom is -0.350 e. The van der Waals surface area contributed by atoms with Gasteiger partial charge in [0.2, 0.25) is 5.43 Å². The molecule has 0 aliphatic heterocycles. The Morgan fingerprint density at radius 1 is 1.37 bits per heavy atom. The van der Waals surface area contributed by atoms with Gasteiger partial charge in [-0.2, -0.15) is 5.10 Å². The van der Waals surface area contributed by atoms with Gasteiger partial charge >= 0.3 is 0 Å². The molecule has 0 spiro atoms. The van der Waals surface area contributed by atoms with Crippen LogP contribution in [0.2, 0.25) is 0 Å². The number of aromatic nitrogens is 4. The topological polar surface area (TPSA) is 81.8 Å². The molecule has 0 radical (unpaired) electrons. The van der Waals surface area contributed by atoms with Gasteiger partial charge in [0.15, 0.2) is 0 Å². The lowest BCUT2D eigenvalue weighted by atomic mass is 10.1. The monoisotopic (exact) mass is 365 g/mol. The van der Waals surface area contributed by atoms with Crippen LogP contribution in [0.25, 0.3) is 10.9 Å². The van der Waals surface area contributed by atoms with Gasteiger partial charge in [-0.1, -0.05) is 11.6 Å². The highest BCUT2D eigenvalue weighted by Gasteiger charge is 2.36. The molecule has 7 nitrogen and oxygen atoms in total. The van der Waals surface area contributed by atoms with Crippen molar-refractivity contribution in [3.63, 3.8) is 0 Å². The Bertz CT molecular complexity index is 1080. The van der Waals surface area contributed by atoms with E-state index in [2.05, 4.69) is 15.4 Å². The summed E-state index contributed by atoms with van der Waals surface area (Å²) in [5, 5.41) is 7.82. The van der Waals surface area contributed by atoms with E-state index in [1.165, 1.54) is 6.33 Å². The minimum atomic E-state index is -0.360. The molecule has 0 bridgehead atoms. The van der Waals surface area contributed by atoms with E-state index in [4.69, 9.17) is 0 Å². The second-order valence-corrected chi connectivity index (χ2v) is 7.23. The maximum atomic E-state index is 13.0. The first-order chi connectivity index (χ1) is 13.0. The first kappa shape index (κ1) is 17.5. The van der Waals surface area contributed by atoms with Gasteiger partial charge in [-0.3, -0.25) is 9.59 Å². The number of nitrogens with one attached hydrogen (secondary N) is 1. The second-order valence-electron chi connectivity index (χ2n) is 7.23. The first-order valence-corrected chi connectivity index (χ1v) is 9.28. The molecule has 7 heteroatoms. The molecule has 140 valence electrons. The number of amides is 1. The van der Waals surface area contributed by atoms with Crippen LogP contribution in [0.4, 0.5) is 0 Å². The maximum absolute atomic E-state index is 13.0. The van der Waals surface area contributed by atoms with E-state index in [0.29, 0.717) is 17.8 Å². The normalized spacial score (nSPS) is 15.1. The van der Waals surface area contributed by atoms with E-state index in [1.54, 1.807) is 10.9 Å². The number of hydrogen-bond acceptors (Lipinski definition) is 4. The smallest absolute Gasteiger partial charge is 0.257 e. The molecule has 1 atom stereocenters. The van der Waals surface area contributed by atoms with Crippen LogP contribution in [0.15, 0.2) is 35.5 Å². The van der Waals surface area contributed by atoms with Gasteiger partial charge in [-0.25, -0.2) is 9.67 Å². The molecule has 0 unspecified atom stereocenters. The number of benzene rings is 1. The summed E-state index contributed by atoms with van der Waals surface area (Å²) in [4.78, 5) is 30.3. The molecule has 0 saturated heterocycles. The summed E-state index contributed by atoms with van der Waals surface area (Å²) in [5.41, 5.74) is 1.72. The number of aryl methyl sites for hydroxylation is 3. The van der Waals surface area contributed by atoms with Crippen LogP contribution in [0.5, 0.6) is 0 Å². The highest BCUT2D eigenvalue weighted by atomic mass is 16.2. The number of nitrogens with zero attached hydrogens (tertiary/aromatic N) is 4. The summed E-state index contributed by atoms with van der Waals surface area (Å²) in [5.74, 6) is 0.735. The van der Waals surface area contributed by atoms with Gasteiger partial charge in [-0.05, 0) is 44.7 Å². The zero-order chi connectivity index (χ0) is 19.1. The van der Waals surface area contributed by atoms with Crippen LogP contribution < -0.4 is 10.7 Å². The van der Waals surface area contributed by atoms with Gasteiger partial charge in [0, 0.05) is 25.2 Å². The number of carbonyl (C=O) groups excluding carboxylic acids is 1. The van der Waals surface area contributed by atoms with Crippen LogP contribution in [-0.2, 0) is 13.6 Å². The summed E-state index contributed by atoms with van der Waals surface area (Å²) in [6.45, 7) is 4.61. The summed E-state index contributed by atoms with van der Waals surface area (Å²) < 4.78 is 3.62. The fourth-order valence-electron chi connectivity index (χ4n) is 3.57. The Labute approximate surface area is 157 Å². The van der Waals surface area contributed by atoms with Crippen molar-refractivity contribution in [2.24, 2.45) is 13.0 Å². The van der Waals surface area contributed by atoms with Crippen molar-refractivity contribution in [2.45, 2.75) is 39.3 Å². The Morgan fingerprint density at radius 2 is 2.15 bits per heavy atom. The van der Waals surface area contributed by atoms with Crippen molar-refractivity contribution in [1.29, 1.82) is 0 Å². The molecule has 1 amide bonds. The average molecular weight is 365 g/mol. The molecular formula is C20H23N5O2. The summed E-state index contributed by atoms with van der Waals surface area (Å²) >= 11 is 0. The number of fused-ring (bicyclic) bond motifs is 1. The number of rotatable bonds is 5. The van der Waals surface area contributed by atoms with Gasteiger partial charge in [0.1, 0.15) is 17.7 Å². The predicted octanol–water partition coefficient (Wildman–Crippen LogP) is 2.34. The second kappa shape index (κ2) is 6.64. The average Bonchev–Trinajstić information content (AvgIpc) is 3.39. The molecule has 1 aromatic carbocycles. The quantitative estimate of drug-likeness (QED) is 0.752. The first-order valence-electron chi connectivity index (χ1n) is 9.28. The third-order valence-electron chi connectivity index (χ3n) is 5.19. The summed E-state index contributed by atoms with van der Waals surface area (Å²) in [6, 6.07) is 5.48. The van der Waals surface area contributed by atoms with Gasteiger partial charge in [0.25, 0.3) is 5.91 Å². The molecule has 1 fully saturated rings. The number of hydrogen-bond donors (Lipinski definition) is 1. The molecule has 27 heavy (non-hydrogen) atoms. The molecule has 4 rings (SSSR count). The van der Waals surface area contributed by atoms with Crippen LogP contribution in [-0.4, -0.2) is 25.2 Å². The lowest BCUT2D eigenvalue weighted by molar-refractivity contribution is 0.0927. The van der Waals surface area contributed by atoms with Gasteiger partial charge in [0.05, 0.1) is 11.6 Å². The van der Waals surface area contributed by atoms with Crippen LogP contribution in [0.1, 0.15) is 47.6 Å². The fourth-order valence-corrected chi connectivity index (χ4v) is 3.57. The van der Waals surface area contributed by atoms with Crippen LogP contribution in [0.3, 0.4) is 0 Å². The summed E-state index contributed by atoms with van der Waals surface area (Å²) in [6.07, 6.45) is 5.20. The minimum absolute atomic E-state index is 0.156. The molecule has 1 saturated carbocycles. The molecule has 2 heterocycles. The van der Waals surface area contributed by atoms with Crippen molar-refractivity contribution in [2.75, 3.05) is 0 Å². The third kappa shape index (κ3) is 3.13. The Kier molecular flexibility index (Phi) is 4.30. The Balaban J connectivity index is 1.72. The third-order valence-corrected chi connectivity index (χ3v) is 5.19. The van der Waals surface area contributed by atoms with E-state index in [-0.39, 0.29) is 22.9 Å². The van der Waals surface area contributed by atoms with Crippen LogP contribution in [0, 0.1) is 12.8 Å². The fraction of sp³-hybridized carbons (Fsp3) is 0.400. The SMILES string of the molecule is CCn1ncnc1[C@@H](NC(=O)c1cn(C)c2ccc(C)cc2c1=O)C1CC1. The van der Waals surface area contributed by atoms with Crippen molar-refractivity contribution < 1.29 is 4.79 Å². The summed E-state index contributed by atoms with van der Waals surface area (Å²) in [7, 11) is 1.85. The highest BCUT2D eigenvalue weighted by molar-refractivity contribution is 5.97. The molecule has 1 aliphatic rings. The van der Waals surface area contributed by atoms with E-state index in [1.807, 2.05) is 43.7 Å². The predicted molar refractivity (Wildman–Crippen MR) is 103 cm³/mol. The van der Waals surface area contributed by atoms with Crippen molar-refractivity contribution in [3.8, 4) is 0 Å². The van der Waals surface area contributed by atoms with Gasteiger partial charge < -0.3 is 9.88 Å². The molecule has 1 aliphatic carbocycles. The zero-order valence-corrected chi connectivity index (χ0v) is 15.8. The van der Waals surface area contributed by atoms with Crippen LogP contribution >= 0.6 is 0 Å².